The van der Waals surface area contributed by atoms with Crippen LogP contribution in [-0.2, 0) is 11.3 Å². The number of ether oxygens (including phenoxy) is 1. The molecule has 0 bridgehead atoms. The van der Waals surface area contributed by atoms with Crippen molar-refractivity contribution in [1.29, 1.82) is 0 Å². The Balaban J connectivity index is 2.02. The predicted molar refractivity (Wildman–Crippen MR) is 94.7 cm³/mol. The quantitative estimate of drug-likeness (QED) is 0.503. The number of halogens is 1. The van der Waals surface area contributed by atoms with Crippen molar-refractivity contribution in [3.8, 4) is 0 Å². The van der Waals surface area contributed by atoms with Gasteiger partial charge in [-0.2, -0.15) is 0 Å². The lowest BCUT2D eigenvalue weighted by Crippen LogP contribution is -2.25. The van der Waals surface area contributed by atoms with Crippen molar-refractivity contribution in [2.24, 2.45) is 0 Å². The van der Waals surface area contributed by atoms with Gasteiger partial charge >= 0.3 is 5.97 Å². The molecule has 2 aromatic heterocycles. The van der Waals surface area contributed by atoms with Gasteiger partial charge in [-0.3, -0.25) is 14.2 Å². The number of rotatable bonds is 5. The summed E-state index contributed by atoms with van der Waals surface area (Å²) in [6, 6.07) is 6.34. The van der Waals surface area contributed by atoms with E-state index in [1.54, 1.807) is 38.1 Å². The number of hydrogen-bond acceptors (Lipinski definition) is 6. The normalized spacial score (nSPS) is 10.9. The van der Waals surface area contributed by atoms with Crippen LogP contribution in [0.2, 0.25) is 5.02 Å². The molecule has 0 N–H and O–H groups in total. The minimum absolute atomic E-state index is 0.00681. The van der Waals surface area contributed by atoms with E-state index in [4.69, 9.17) is 20.8 Å². The van der Waals surface area contributed by atoms with Crippen LogP contribution in [0.1, 0.15) is 33.4 Å². The Hall–Kier alpha value is -2.93. The van der Waals surface area contributed by atoms with Gasteiger partial charge in [-0.1, -0.05) is 11.6 Å². The summed E-state index contributed by atoms with van der Waals surface area (Å²) in [5, 5.41) is 0.516. The highest BCUT2D eigenvalue weighted by Crippen LogP contribution is 2.21. The third-order valence-corrected chi connectivity index (χ3v) is 4.07. The van der Waals surface area contributed by atoms with Gasteiger partial charge < -0.3 is 9.15 Å². The number of ketones is 1. The Kier molecular flexibility index (Phi) is 4.90. The van der Waals surface area contributed by atoms with Crippen LogP contribution in [0, 0.1) is 6.92 Å². The number of carbonyl (C=O) groups excluding carboxylic acids is 2. The first-order valence-corrected chi connectivity index (χ1v) is 8.24. The highest BCUT2D eigenvalue weighted by Gasteiger charge is 2.24. The first-order chi connectivity index (χ1) is 12.4. The maximum atomic E-state index is 12.8. The van der Waals surface area contributed by atoms with Gasteiger partial charge in [-0.15, -0.1) is 0 Å². The third-order valence-electron chi connectivity index (χ3n) is 3.81. The fourth-order valence-electron chi connectivity index (χ4n) is 2.58. The van der Waals surface area contributed by atoms with Crippen LogP contribution in [0.25, 0.3) is 11.1 Å². The first-order valence-electron chi connectivity index (χ1n) is 7.86. The zero-order valence-electron chi connectivity index (χ0n) is 14.1. The fourth-order valence-corrected chi connectivity index (χ4v) is 2.71. The molecule has 0 saturated heterocycles. The number of nitrogens with zero attached hydrogens (tertiary/aromatic N) is 2. The molecule has 0 aliphatic heterocycles. The second-order valence-corrected chi connectivity index (χ2v) is 5.98. The molecule has 134 valence electrons. The Bertz CT molecular complexity index is 1050. The highest BCUT2D eigenvalue weighted by atomic mass is 35.5. The zero-order valence-corrected chi connectivity index (χ0v) is 14.9. The molecule has 1 aromatic carbocycles. The summed E-state index contributed by atoms with van der Waals surface area (Å²) in [6.07, 6.45) is 1.22. The number of furan rings is 1. The number of aryl methyl sites for hydroxylation is 1. The van der Waals surface area contributed by atoms with Crippen molar-refractivity contribution < 1.29 is 18.7 Å². The fraction of sp³-hybridized carbons (Fsp3) is 0.222. The molecule has 2 heterocycles. The summed E-state index contributed by atoms with van der Waals surface area (Å²) < 4.78 is 11.5. The molecule has 7 nitrogen and oxygen atoms in total. The maximum absolute atomic E-state index is 12.8. The maximum Gasteiger partial charge on any atom is 0.342 e. The highest BCUT2D eigenvalue weighted by molar-refractivity contribution is 6.30. The predicted octanol–water partition coefficient (Wildman–Crippen LogP) is 3.01. The van der Waals surface area contributed by atoms with Crippen molar-refractivity contribution in [1.82, 2.24) is 9.55 Å². The van der Waals surface area contributed by atoms with E-state index in [-0.39, 0.29) is 41.4 Å². The number of benzene rings is 1. The minimum atomic E-state index is -0.663. The molecule has 0 fully saturated rings. The van der Waals surface area contributed by atoms with Gasteiger partial charge in [0, 0.05) is 10.6 Å². The van der Waals surface area contributed by atoms with Crippen molar-refractivity contribution >= 4 is 34.5 Å². The van der Waals surface area contributed by atoms with Crippen molar-refractivity contribution in [3.05, 3.63) is 62.9 Å². The van der Waals surface area contributed by atoms with Crippen molar-refractivity contribution in [2.45, 2.75) is 20.4 Å². The third kappa shape index (κ3) is 3.25. The summed E-state index contributed by atoms with van der Waals surface area (Å²) in [4.78, 5) is 41.4. The number of Topliss-reactive ketones (excluding diaryl/α,β-unsaturated/α-hetero) is 1. The summed E-state index contributed by atoms with van der Waals surface area (Å²) in [5.41, 5.74) is -0.0639. The number of hydrogen-bond donors (Lipinski definition) is 0. The molecular weight excluding hydrogens is 360 g/mol. The summed E-state index contributed by atoms with van der Waals surface area (Å²) in [6.45, 7) is 3.15. The lowest BCUT2D eigenvalue weighted by molar-refractivity contribution is 0.0526. The Morgan fingerprint density at radius 3 is 2.62 bits per heavy atom. The van der Waals surface area contributed by atoms with Crippen molar-refractivity contribution in [2.75, 3.05) is 6.61 Å². The Labute approximate surface area is 153 Å². The topological polar surface area (TPSA) is 91.4 Å². The number of carbonyl (C=O) groups is 2. The van der Waals surface area contributed by atoms with E-state index in [0.717, 1.165) is 4.57 Å². The van der Waals surface area contributed by atoms with E-state index in [1.807, 2.05) is 0 Å². The van der Waals surface area contributed by atoms with E-state index in [2.05, 4.69) is 4.98 Å². The van der Waals surface area contributed by atoms with E-state index in [0.29, 0.717) is 10.6 Å². The van der Waals surface area contributed by atoms with Gasteiger partial charge in [0.15, 0.2) is 5.78 Å². The van der Waals surface area contributed by atoms with Gasteiger partial charge in [-0.05, 0) is 38.1 Å². The molecule has 0 atom stereocenters. The van der Waals surface area contributed by atoms with Crippen LogP contribution in [0.4, 0.5) is 0 Å². The Morgan fingerprint density at radius 2 is 1.96 bits per heavy atom. The minimum Gasteiger partial charge on any atom is -0.462 e. The zero-order chi connectivity index (χ0) is 18.8. The van der Waals surface area contributed by atoms with Gasteiger partial charge in [0.1, 0.15) is 23.0 Å². The molecule has 3 aromatic rings. The summed E-state index contributed by atoms with van der Waals surface area (Å²) in [7, 11) is 0. The van der Waals surface area contributed by atoms with E-state index in [1.165, 1.54) is 6.33 Å². The second-order valence-electron chi connectivity index (χ2n) is 5.54. The van der Waals surface area contributed by atoms with Gasteiger partial charge in [0.2, 0.25) is 5.71 Å². The van der Waals surface area contributed by atoms with Crippen LogP contribution >= 0.6 is 11.6 Å². The van der Waals surface area contributed by atoms with E-state index in [9.17, 15) is 14.4 Å². The molecule has 26 heavy (non-hydrogen) atoms. The van der Waals surface area contributed by atoms with Crippen LogP contribution in [-0.4, -0.2) is 27.9 Å². The molecule has 0 amide bonds. The van der Waals surface area contributed by atoms with Crippen LogP contribution in [0.15, 0.2) is 39.8 Å². The molecule has 3 rings (SSSR count). The lowest BCUT2D eigenvalue weighted by Gasteiger charge is -2.05. The molecule has 0 spiro atoms. The molecule has 0 radical (unpaired) electrons. The van der Waals surface area contributed by atoms with Gasteiger partial charge in [-0.25, -0.2) is 9.78 Å². The van der Waals surface area contributed by atoms with Gasteiger partial charge in [0.25, 0.3) is 5.56 Å². The molecule has 0 saturated carbocycles. The average Bonchev–Trinajstić information content (AvgIpc) is 2.95. The van der Waals surface area contributed by atoms with Crippen molar-refractivity contribution in [3.63, 3.8) is 0 Å². The molecule has 8 heteroatoms. The SMILES string of the molecule is CCOC(=O)c1c(C)oc2ncn(CC(=O)c3ccc(Cl)cc3)c(=O)c12. The number of esters is 1. The second kappa shape index (κ2) is 7.13. The smallest absolute Gasteiger partial charge is 0.342 e. The standard InChI is InChI=1S/C18H15ClN2O5/c1-3-25-18(24)14-10(2)26-16-15(14)17(23)21(9-20-16)8-13(22)11-4-6-12(19)7-5-11/h4-7,9H,3,8H2,1-2H3. The van der Waals surface area contributed by atoms with Crippen LogP contribution < -0.4 is 5.56 Å². The van der Waals surface area contributed by atoms with Crippen LogP contribution in [0.5, 0.6) is 0 Å². The Morgan fingerprint density at radius 1 is 1.27 bits per heavy atom. The summed E-state index contributed by atoms with van der Waals surface area (Å²) in [5.74, 6) is -0.711. The number of aromatic nitrogens is 2. The number of fused-ring (bicyclic) bond motifs is 1. The monoisotopic (exact) mass is 374 g/mol. The first kappa shape index (κ1) is 17.9. The molecule has 0 aliphatic rings. The van der Waals surface area contributed by atoms with E-state index < -0.39 is 11.5 Å². The molecule has 0 unspecified atom stereocenters. The summed E-state index contributed by atoms with van der Waals surface area (Å²) >= 11 is 5.81. The van der Waals surface area contributed by atoms with Gasteiger partial charge in [0.05, 0.1) is 13.2 Å². The largest absolute Gasteiger partial charge is 0.462 e. The molecular formula is C18H15ClN2O5. The average molecular weight is 375 g/mol. The van der Waals surface area contributed by atoms with E-state index >= 15 is 0 Å². The van der Waals surface area contributed by atoms with Crippen LogP contribution in [0.3, 0.4) is 0 Å². The lowest BCUT2D eigenvalue weighted by atomic mass is 10.1. The molecule has 0 aliphatic carbocycles.